The van der Waals surface area contributed by atoms with Crippen LogP contribution in [0.1, 0.15) is 28.9 Å². The van der Waals surface area contributed by atoms with Crippen molar-refractivity contribution in [2.75, 3.05) is 19.6 Å². The molecule has 5 rings (SSSR count). The fourth-order valence-electron chi connectivity index (χ4n) is 4.27. The quantitative estimate of drug-likeness (QED) is 0.604. The summed E-state index contributed by atoms with van der Waals surface area (Å²) >= 11 is 0. The zero-order valence-electron chi connectivity index (χ0n) is 17.9. The molecule has 0 spiro atoms. The largest absolute Gasteiger partial charge is 0.493 e. The number of amides is 1. The molecule has 3 aromatic rings. The molecule has 1 aromatic carbocycles. The lowest BCUT2D eigenvalue weighted by Gasteiger charge is -2.23. The van der Waals surface area contributed by atoms with Gasteiger partial charge in [-0.05, 0) is 38.1 Å². The molecule has 2 aliphatic heterocycles. The van der Waals surface area contributed by atoms with Crippen LogP contribution in [0.4, 0.5) is 13.2 Å². The van der Waals surface area contributed by atoms with Gasteiger partial charge in [0.05, 0.1) is 22.5 Å². The van der Waals surface area contributed by atoms with E-state index in [2.05, 4.69) is 15.6 Å². The molecule has 178 valence electrons. The molecule has 2 N–H and O–H groups in total. The SMILES string of the molecule is O=C1NCCc2c1cc(-c1cccc3ccc(OC4CCNCC4)nc13)n2OC(=O)C(F)(F)F. The summed E-state index contributed by atoms with van der Waals surface area (Å²) in [7, 11) is 0. The number of benzene rings is 1. The van der Waals surface area contributed by atoms with Crippen LogP contribution in [0, 0.1) is 0 Å². The summed E-state index contributed by atoms with van der Waals surface area (Å²) in [6.07, 6.45) is -3.32. The van der Waals surface area contributed by atoms with E-state index in [1.54, 1.807) is 18.2 Å². The van der Waals surface area contributed by atoms with Gasteiger partial charge in [-0.1, -0.05) is 18.2 Å². The molecule has 1 saturated heterocycles. The maximum Gasteiger partial charge on any atom is 0.493 e. The summed E-state index contributed by atoms with van der Waals surface area (Å²) in [5.41, 5.74) is 1.32. The van der Waals surface area contributed by atoms with Crippen molar-refractivity contribution < 1.29 is 32.3 Å². The number of carbonyl (C=O) groups is 2. The lowest BCUT2D eigenvalue weighted by molar-refractivity contribution is -0.199. The van der Waals surface area contributed by atoms with Crippen LogP contribution in [0.15, 0.2) is 36.4 Å². The van der Waals surface area contributed by atoms with Crippen molar-refractivity contribution in [2.24, 2.45) is 0 Å². The van der Waals surface area contributed by atoms with Crippen molar-refractivity contribution >= 4 is 22.8 Å². The molecule has 11 heteroatoms. The van der Waals surface area contributed by atoms with Gasteiger partial charge in [0, 0.05) is 30.0 Å². The average molecular weight is 474 g/mol. The number of fused-ring (bicyclic) bond motifs is 2. The Kier molecular flexibility index (Phi) is 5.64. The van der Waals surface area contributed by atoms with Crippen LogP contribution >= 0.6 is 0 Å². The van der Waals surface area contributed by atoms with Crippen LogP contribution in [0.25, 0.3) is 22.2 Å². The molecule has 34 heavy (non-hydrogen) atoms. The van der Waals surface area contributed by atoms with Gasteiger partial charge in [-0.15, -0.1) is 0 Å². The van der Waals surface area contributed by atoms with Crippen molar-refractivity contribution in [1.29, 1.82) is 0 Å². The Morgan fingerprint density at radius 2 is 1.88 bits per heavy atom. The summed E-state index contributed by atoms with van der Waals surface area (Å²) < 4.78 is 45.9. The molecule has 1 fully saturated rings. The van der Waals surface area contributed by atoms with E-state index in [1.807, 2.05) is 12.1 Å². The summed E-state index contributed by atoms with van der Waals surface area (Å²) in [6, 6.07) is 10.2. The van der Waals surface area contributed by atoms with Gasteiger partial charge >= 0.3 is 12.1 Å². The van der Waals surface area contributed by atoms with Gasteiger partial charge in [-0.25, -0.2) is 9.78 Å². The Morgan fingerprint density at radius 1 is 1.09 bits per heavy atom. The number of hydrogen-bond acceptors (Lipinski definition) is 6. The molecule has 8 nitrogen and oxygen atoms in total. The first-order valence-electron chi connectivity index (χ1n) is 10.9. The minimum absolute atomic E-state index is 0.00553. The predicted molar refractivity (Wildman–Crippen MR) is 115 cm³/mol. The molecule has 2 aliphatic rings. The highest BCUT2D eigenvalue weighted by Gasteiger charge is 2.43. The molecule has 2 aromatic heterocycles. The molecular weight excluding hydrogens is 453 g/mol. The van der Waals surface area contributed by atoms with Crippen molar-refractivity contribution in [3.8, 4) is 17.1 Å². The zero-order chi connectivity index (χ0) is 23.9. The minimum atomic E-state index is -5.20. The number of hydrogen-bond donors (Lipinski definition) is 2. The summed E-state index contributed by atoms with van der Waals surface area (Å²) in [5.74, 6) is -2.44. The van der Waals surface area contributed by atoms with E-state index in [9.17, 15) is 22.8 Å². The third kappa shape index (κ3) is 4.18. The molecule has 0 saturated carbocycles. The molecule has 0 unspecified atom stereocenters. The number of ether oxygens (including phenoxy) is 1. The number of alkyl halides is 3. The summed E-state index contributed by atoms with van der Waals surface area (Å²) in [4.78, 5) is 33.5. The van der Waals surface area contributed by atoms with E-state index < -0.39 is 18.1 Å². The van der Waals surface area contributed by atoms with Crippen LogP contribution in [-0.2, 0) is 11.2 Å². The van der Waals surface area contributed by atoms with E-state index >= 15 is 0 Å². The summed E-state index contributed by atoms with van der Waals surface area (Å²) in [6.45, 7) is 1.89. The van der Waals surface area contributed by atoms with Crippen LogP contribution in [0.3, 0.4) is 0 Å². The van der Waals surface area contributed by atoms with Gasteiger partial charge in [0.15, 0.2) is 0 Å². The third-order valence-electron chi connectivity index (χ3n) is 5.90. The number of piperidine rings is 1. The second-order valence-electron chi connectivity index (χ2n) is 8.16. The van der Waals surface area contributed by atoms with Gasteiger partial charge in [-0.3, -0.25) is 4.79 Å². The first-order valence-corrected chi connectivity index (χ1v) is 10.9. The van der Waals surface area contributed by atoms with Crippen LogP contribution in [0.2, 0.25) is 0 Å². The Morgan fingerprint density at radius 3 is 2.65 bits per heavy atom. The third-order valence-corrected chi connectivity index (χ3v) is 5.90. The van der Waals surface area contributed by atoms with E-state index in [-0.39, 0.29) is 36.0 Å². The number of pyridine rings is 1. The number of carbonyl (C=O) groups excluding carboxylic acids is 2. The molecule has 0 atom stereocenters. The Bertz CT molecular complexity index is 1270. The lowest BCUT2D eigenvalue weighted by Crippen LogP contribution is -2.37. The van der Waals surface area contributed by atoms with E-state index in [0.29, 0.717) is 22.3 Å². The highest BCUT2D eigenvalue weighted by Crippen LogP contribution is 2.33. The Balaban J connectivity index is 1.61. The van der Waals surface area contributed by atoms with E-state index in [0.717, 1.165) is 30.7 Å². The van der Waals surface area contributed by atoms with E-state index in [1.165, 1.54) is 6.07 Å². The molecule has 0 radical (unpaired) electrons. The van der Waals surface area contributed by atoms with Crippen LogP contribution < -0.4 is 20.2 Å². The fraction of sp³-hybridized carbons (Fsp3) is 0.348. The first kappa shape index (κ1) is 22.2. The second-order valence-corrected chi connectivity index (χ2v) is 8.16. The average Bonchev–Trinajstić information content (AvgIpc) is 3.18. The predicted octanol–water partition coefficient (Wildman–Crippen LogP) is 2.64. The Labute approximate surface area is 192 Å². The fourth-order valence-corrected chi connectivity index (χ4v) is 4.27. The topological polar surface area (TPSA) is 94.5 Å². The summed E-state index contributed by atoms with van der Waals surface area (Å²) in [5, 5.41) is 6.63. The highest BCUT2D eigenvalue weighted by molar-refractivity contribution is 6.00. The van der Waals surface area contributed by atoms with Gasteiger partial charge < -0.3 is 20.2 Å². The molecule has 1 amide bonds. The minimum Gasteiger partial charge on any atom is -0.474 e. The van der Waals surface area contributed by atoms with Gasteiger partial charge in [-0.2, -0.15) is 17.9 Å². The normalized spacial score (nSPS) is 16.7. The molecule has 0 aliphatic carbocycles. The van der Waals surface area contributed by atoms with Gasteiger partial charge in [0.25, 0.3) is 5.91 Å². The van der Waals surface area contributed by atoms with Crippen LogP contribution in [0.5, 0.6) is 5.88 Å². The smallest absolute Gasteiger partial charge is 0.474 e. The lowest BCUT2D eigenvalue weighted by atomic mass is 10.1. The monoisotopic (exact) mass is 474 g/mol. The number of rotatable bonds is 4. The number of halogens is 3. The standard InChI is InChI=1S/C23H21F3N4O4/c24-23(25,26)22(32)34-30-17-8-11-28-21(31)16(17)12-18(30)15-3-1-2-13-4-5-19(29-20(13)15)33-14-6-9-27-10-7-14/h1-5,12,14,27H,6-11H2,(H,28,31). The molecular formula is C23H21F3N4O4. The maximum absolute atomic E-state index is 13.0. The first-order chi connectivity index (χ1) is 16.3. The van der Waals surface area contributed by atoms with Crippen LogP contribution in [-0.4, -0.2) is 53.5 Å². The number of para-hydroxylation sites is 1. The zero-order valence-corrected chi connectivity index (χ0v) is 17.9. The maximum atomic E-state index is 13.0. The number of nitrogens with one attached hydrogen (secondary N) is 2. The van der Waals surface area contributed by atoms with Gasteiger partial charge in [0.2, 0.25) is 5.88 Å². The van der Waals surface area contributed by atoms with Crippen molar-refractivity contribution in [2.45, 2.75) is 31.5 Å². The van der Waals surface area contributed by atoms with Crippen molar-refractivity contribution in [3.63, 3.8) is 0 Å². The number of nitrogens with zero attached hydrogens (tertiary/aromatic N) is 2. The molecule has 4 heterocycles. The Hall–Kier alpha value is -3.60. The highest BCUT2D eigenvalue weighted by atomic mass is 19.4. The number of aromatic nitrogens is 2. The van der Waals surface area contributed by atoms with Gasteiger partial charge in [0.1, 0.15) is 6.10 Å². The van der Waals surface area contributed by atoms with Crippen molar-refractivity contribution in [3.05, 3.63) is 47.7 Å². The second kappa shape index (κ2) is 8.64. The van der Waals surface area contributed by atoms with E-state index in [4.69, 9.17) is 9.57 Å². The molecule has 0 bridgehead atoms. The van der Waals surface area contributed by atoms with Crippen molar-refractivity contribution in [1.82, 2.24) is 20.3 Å².